The SMILES string of the molecule is CC(=O)NCc1ccc(C(=O)N[C@@H](C)c2ccncc2)cc1. The normalized spacial score (nSPS) is 11.5. The van der Waals surface area contributed by atoms with Crippen molar-refractivity contribution in [2.45, 2.75) is 26.4 Å². The Morgan fingerprint density at radius 2 is 1.73 bits per heavy atom. The van der Waals surface area contributed by atoms with Gasteiger partial charge in [-0.25, -0.2) is 0 Å². The van der Waals surface area contributed by atoms with Crippen LogP contribution < -0.4 is 10.6 Å². The third-order valence-electron chi connectivity index (χ3n) is 3.31. The number of hydrogen-bond donors (Lipinski definition) is 2. The zero-order chi connectivity index (χ0) is 15.9. The van der Waals surface area contributed by atoms with Crippen LogP contribution in [0.15, 0.2) is 48.8 Å². The van der Waals surface area contributed by atoms with Crippen LogP contribution in [0.4, 0.5) is 0 Å². The van der Waals surface area contributed by atoms with Crippen molar-refractivity contribution in [3.05, 3.63) is 65.5 Å². The van der Waals surface area contributed by atoms with E-state index in [0.29, 0.717) is 12.1 Å². The van der Waals surface area contributed by atoms with Gasteiger partial charge < -0.3 is 10.6 Å². The third-order valence-corrected chi connectivity index (χ3v) is 3.31. The number of benzene rings is 1. The van der Waals surface area contributed by atoms with E-state index < -0.39 is 0 Å². The molecule has 22 heavy (non-hydrogen) atoms. The highest BCUT2D eigenvalue weighted by atomic mass is 16.2. The largest absolute Gasteiger partial charge is 0.352 e. The second-order valence-electron chi connectivity index (χ2n) is 5.08. The van der Waals surface area contributed by atoms with Crippen LogP contribution in [0.2, 0.25) is 0 Å². The Morgan fingerprint density at radius 3 is 2.32 bits per heavy atom. The van der Waals surface area contributed by atoms with Crippen molar-refractivity contribution in [2.24, 2.45) is 0 Å². The van der Waals surface area contributed by atoms with Gasteiger partial charge in [0, 0.05) is 31.4 Å². The number of carbonyl (C=O) groups excluding carboxylic acids is 2. The summed E-state index contributed by atoms with van der Waals surface area (Å²) >= 11 is 0. The van der Waals surface area contributed by atoms with Crippen LogP contribution in [0.1, 0.15) is 41.4 Å². The molecule has 0 radical (unpaired) electrons. The standard InChI is InChI=1S/C17H19N3O2/c1-12(15-7-9-18-10-8-15)20-17(22)16-5-3-14(4-6-16)11-19-13(2)21/h3-10,12H,11H2,1-2H3,(H,19,21)(H,20,22)/t12-/m0/s1. The monoisotopic (exact) mass is 297 g/mol. The molecule has 2 aromatic rings. The van der Waals surface area contributed by atoms with E-state index in [1.54, 1.807) is 24.5 Å². The third kappa shape index (κ3) is 4.41. The fraction of sp³-hybridized carbons (Fsp3) is 0.235. The van der Waals surface area contributed by atoms with Crippen molar-refractivity contribution < 1.29 is 9.59 Å². The lowest BCUT2D eigenvalue weighted by Crippen LogP contribution is -2.26. The summed E-state index contributed by atoms with van der Waals surface area (Å²) < 4.78 is 0. The number of amides is 2. The zero-order valence-electron chi connectivity index (χ0n) is 12.7. The lowest BCUT2D eigenvalue weighted by atomic mass is 10.1. The lowest BCUT2D eigenvalue weighted by Gasteiger charge is -2.14. The van der Waals surface area contributed by atoms with Crippen LogP contribution in [0, 0.1) is 0 Å². The molecule has 0 aliphatic heterocycles. The molecule has 2 N–H and O–H groups in total. The van der Waals surface area contributed by atoms with Crippen molar-refractivity contribution in [1.29, 1.82) is 0 Å². The minimum absolute atomic E-state index is 0.0759. The first-order valence-electron chi connectivity index (χ1n) is 7.10. The van der Waals surface area contributed by atoms with Crippen molar-refractivity contribution in [1.82, 2.24) is 15.6 Å². The zero-order valence-corrected chi connectivity index (χ0v) is 12.7. The van der Waals surface area contributed by atoms with E-state index >= 15 is 0 Å². The van der Waals surface area contributed by atoms with E-state index in [1.807, 2.05) is 31.2 Å². The highest BCUT2D eigenvalue weighted by Gasteiger charge is 2.11. The van der Waals surface area contributed by atoms with Crippen molar-refractivity contribution in [3.8, 4) is 0 Å². The number of hydrogen-bond acceptors (Lipinski definition) is 3. The second kappa shape index (κ2) is 7.36. The highest BCUT2D eigenvalue weighted by Crippen LogP contribution is 2.12. The van der Waals surface area contributed by atoms with Crippen molar-refractivity contribution in [3.63, 3.8) is 0 Å². The van der Waals surface area contributed by atoms with Gasteiger partial charge in [0.25, 0.3) is 5.91 Å². The van der Waals surface area contributed by atoms with E-state index in [2.05, 4.69) is 15.6 Å². The summed E-state index contributed by atoms with van der Waals surface area (Å²) in [7, 11) is 0. The lowest BCUT2D eigenvalue weighted by molar-refractivity contribution is -0.119. The Morgan fingerprint density at radius 1 is 1.09 bits per heavy atom. The van der Waals surface area contributed by atoms with Crippen LogP contribution in [0.3, 0.4) is 0 Å². The molecule has 1 atom stereocenters. The Balaban J connectivity index is 1.96. The van der Waals surface area contributed by atoms with Gasteiger partial charge in [0.1, 0.15) is 0 Å². The molecule has 1 aromatic carbocycles. The fourth-order valence-electron chi connectivity index (χ4n) is 2.02. The molecule has 0 unspecified atom stereocenters. The predicted molar refractivity (Wildman–Crippen MR) is 84.1 cm³/mol. The maximum absolute atomic E-state index is 12.2. The van der Waals surface area contributed by atoms with E-state index in [1.165, 1.54) is 6.92 Å². The van der Waals surface area contributed by atoms with Crippen molar-refractivity contribution in [2.75, 3.05) is 0 Å². The van der Waals surface area contributed by atoms with Gasteiger partial charge in [0.15, 0.2) is 0 Å². The topological polar surface area (TPSA) is 71.1 Å². The molecule has 0 bridgehead atoms. The Hall–Kier alpha value is -2.69. The molecule has 1 heterocycles. The summed E-state index contributed by atoms with van der Waals surface area (Å²) in [5.74, 6) is -0.205. The van der Waals surface area contributed by atoms with Gasteiger partial charge in [-0.3, -0.25) is 14.6 Å². The van der Waals surface area contributed by atoms with E-state index in [9.17, 15) is 9.59 Å². The predicted octanol–water partition coefficient (Wildman–Crippen LogP) is 2.21. The minimum Gasteiger partial charge on any atom is -0.352 e. The van der Waals surface area contributed by atoms with E-state index in [4.69, 9.17) is 0 Å². The summed E-state index contributed by atoms with van der Waals surface area (Å²) in [6.07, 6.45) is 3.41. The van der Waals surface area contributed by atoms with Crippen LogP contribution in [-0.4, -0.2) is 16.8 Å². The van der Waals surface area contributed by atoms with Gasteiger partial charge in [-0.2, -0.15) is 0 Å². The summed E-state index contributed by atoms with van der Waals surface area (Å²) in [6, 6.07) is 10.8. The molecule has 5 heteroatoms. The molecular formula is C17H19N3O2. The minimum atomic E-state index is -0.129. The molecule has 5 nitrogen and oxygen atoms in total. The quantitative estimate of drug-likeness (QED) is 0.889. The average molecular weight is 297 g/mol. The summed E-state index contributed by atoms with van der Waals surface area (Å²) in [6.45, 7) is 3.87. The van der Waals surface area contributed by atoms with Gasteiger partial charge in [-0.1, -0.05) is 12.1 Å². The summed E-state index contributed by atoms with van der Waals surface area (Å²) in [4.78, 5) is 27.0. The fourth-order valence-corrected chi connectivity index (χ4v) is 2.02. The van der Waals surface area contributed by atoms with Gasteiger partial charge >= 0.3 is 0 Å². The number of rotatable bonds is 5. The molecule has 0 fully saturated rings. The van der Waals surface area contributed by atoms with Gasteiger partial charge in [-0.05, 0) is 42.3 Å². The molecule has 114 valence electrons. The Kier molecular flexibility index (Phi) is 5.25. The number of pyridine rings is 1. The average Bonchev–Trinajstić information content (AvgIpc) is 2.54. The van der Waals surface area contributed by atoms with Crippen LogP contribution >= 0.6 is 0 Å². The number of nitrogens with one attached hydrogen (secondary N) is 2. The Bertz CT molecular complexity index is 639. The van der Waals surface area contributed by atoms with E-state index in [0.717, 1.165) is 11.1 Å². The Labute approximate surface area is 129 Å². The van der Waals surface area contributed by atoms with Crippen LogP contribution in [0.25, 0.3) is 0 Å². The molecule has 0 spiro atoms. The highest BCUT2D eigenvalue weighted by molar-refractivity contribution is 5.94. The molecule has 0 aliphatic rings. The number of carbonyl (C=O) groups is 2. The van der Waals surface area contributed by atoms with Crippen LogP contribution in [-0.2, 0) is 11.3 Å². The molecule has 1 aromatic heterocycles. The molecular weight excluding hydrogens is 278 g/mol. The first-order chi connectivity index (χ1) is 10.6. The van der Waals surface area contributed by atoms with Crippen LogP contribution in [0.5, 0.6) is 0 Å². The maximum atomic E-state index is 12.2. The summed E-state index contributed by atoms with van der Waals surface area (Å²) in [5.41, 5.74) is 2.55. The van der Waals surface area contributed by atoms with Gasteiger partial charge in [0.05, 0.1) is 6.04 Å². The van der Waals surface area contributed by atoms with E-state index in [-0.39, 0.29) is 17.9 Å². The number of aromatic nitrogens is 1. The smallest absolute Gasteiger partial charge is 0.251 e. The first kappa shape index (κ1) is 15.7. The second-order valence-corrected chi connectivity index (χ2v) is 5.08. The molecule has 0 saturated carbocycles. The molecule has 2 rings (SSSR count). The van der Waals surface area contributed by atoms with Crippen molar-refractivity contribution >= 4 is 11.8 Å². The summed E-state index contributed by atoms with van der Waals surface area (Å²) in [5, 5.41) is 5.66. The maximum Gasteiger partial charge on any atom is 0.251 e. The molecule has 0 aliphatic carbocycles. The van der Waals surface area contributed by atoms with Gasteiger partial charge in [0.2, 0.25) is 5.91 Å². The van der Waals surface area contributed by atoms with Gasteiger partial charge in [-0.15, -0.1) is 0 Å². The number of nitrogens with zero attached hydrogens (tertiary/aromatic N) is 1. The first-order valence-corrected chi connectivity index (χ1v) is 7.10. The molecule has 2 amide bonds. The molecule has 0 saturated heterocycles.